The van der Waals surface area contributed by atoms with E-state index < -0.39 is 0 Å². The lowest BCUT2D eigenvalue weighted by Gasteiger charge is -2.27. The topological polar surface area (TPSA) is 3.24 Å². The summed E-state index contributed by atoms with van der Waals surface area (Å²) in [5.74, 6) is -0.224. The van der Waals surface area contributed by atoms with Crippen molar-refractivity contribution < 1.29 is 4.39 Å². The summed E-state index contributed by atoms with van der Waals surface area (Å²) in [5.41, 5.74) is 11.4. The molecule has 1 nitrogen and oxygen atoms in total. The molecule has 56 heavy (non-hydrogen) atoms. The number of benzene rings is 10. The van der Waals surface area contributed by atoms with Crippen molar-refractivity contribution in [3.8, 4) is 44.5 Å². The van der Waals surface area contributed by atoms with Gasteiger partial charge in [0.1, 0.15) is 5.82 Å². The molecule has 0 radical (unpaired) electrons. The van der Waals surface area contributed by atoms with Crippen LogP contribution in [0.1, 0.15) is 0 Å². The molecule has 0 N–H and O–H groups in total. The smallest absolute Gasteiger partial charge is 0.131 e. The lowest BCUT2D eigenvalue weighted by Crippen LogP contribution is -2.10. The van der Waals surface area contributed by atoms with Gasteiger partial charge in [-0.25, -0.2) is 4.39 Å². The minimum Gasteiger partial charge on any atom is -0.310 e. The Labute approximate surface area is 326 Å². The third-order valence-electron chi connectivity index (χ3n) is 10.9. The predicted octanol–water partition coefficient (Wildman–Crippen LogP) is 15.4. The van der Waals surface area contributed by atoms with Crippen LogP contribution in [0.2, 0.25) is 0 Å². The number of hydrogen-bond acceptors (Lipinski definition) is 1. The average Bonchev–Trinajstić information content (AvgIpc) is 3.27. The number of fused-ring (bicyclic) bond motifs is 4. The molecule has 0 atom stereocenters. The molecule has 0 aliphatic heterocycles. The number of hydrogen-bond donors (Lipinski definition) is 0. The molecule has 0 saturated heterocycles. The maximum absolute atomic E-state index is 15.2. The van der Waals surface area contributed by atoms with Crippen LogP contribution in [0.25, 0.3) is 76.8 Å². The average molecular weight is 718 g/mol. The summed E-state index contributed by atoms with van der Waals surface area (Å²) in [6, 6.07) is 76.2. The number of anilines is 3. The van der Waals surface area contributed by atoms with Gasteiger partial charge in [0.2, 0.25) is 0 Å². The van der Waals surface area contributed by atoms with E-state index in [1.54, 1.807) is 6.07 Å². The summed E-state index contributed by atoms with van der Waals surface area (Å²) < 4.78 is 15.2. The van der Waals surface area contributed by atoms with Gasteiger partial charge in [-0.3, -0.25) is 0 Å². The van der Waals surface area contributed by atoms with Crippen LogP contribution in [-0.4, -0.2) is 0 Å². The SMILES string of the molecule is Fc1ccccc1-c1cccc2cccc(-c3ccc(N(c4cccc(-c5ccccc5)c4)c4cccc(-c5ccc6c(ccc7ccccc76)c5)c4)cc3)c12. The Bertz CT molecular complexity index is 3030. The first-order valence-electron chi connectivity index (χ1n) is 19.0. The van der Waals surface area contributed by atoms with E-state index in [2.05, 4.69) is 187 Å². The van der Waals surface area contributed by atoms with Crippen molar-refractivity contribution in [2.45, 2.75) is 0 Å². The maximum atomic E-state index is 15.2. The summed E-state index contributed by atoms with van der Waals surface area (Å²) in [4.78, 5) is 2.34. The summed E-state index contributed by atoms with van der Waals surface area (Å²) in [7, 11) is 0. The molecule has 0 unspecified atom stereocenters. The van der Waals surface area contributed by atoms with Crippen LogP contribution in [0.15, 0.2) is 218 Å². The first kappa shape index (κ1) is 33.3. The zero-order valence-electron chi connectivity index (χ0n) is 30.6. The Hall–Kier alpha value is -7.29. The van der Waals surface area contributed by atoms with E-state index in [1.807, 2.05) is 24.3 Å². The van der Waals surface area contributed by atoms with E-state index in [0.29, 0.717) is 5.56 Å². The molecule has 0 aromatic heterocycles. The van der Waals surface area contributed by atoms with Gasteiger partial charge in [-0.15, -0.1) is 0 Å². The maximum Gasteiger partial charge on any atom is 0.131 e. The largest absolute Gasteiger partial charge is 0.310 e. The minimum absolute atomic E-state index is 0.224. The fourth-order valence-electron chi connectivity index (χ4n) is 8.20. The normalized spacial score (nSPS) is 11.3. The third kappa shape index (κ3) is 6.08. The van der Waals surface area contributed by atoms with E-state index in [0.717, 1.165) is 55.7 Å². The molecule has 0 heterocycles. The van der Waals surface area contributed by atoms with Crippen LogP contribution in [0.5, 0.6) is 0 Å². The van der Waals surface area contributed by atoms with Crippen LogP contribution < -0.4 is 4.90 Å². The van der Waals surface area contributed by atoms with Gasteiger partial charge in [0, 0.05) is 22.6 Å². The Morgan fingerprint density at radius 1 is 0.286 bits per heavy atom. The molecule has 264 valence electrons. The van der Waals surface area contributed by atoms with Gasteiger partial charge in [0.25, 0.3) is 0 Å². The highest BCUT2D eigenvalue weighted by molar-refractivity contribution is 6.09. The monoisotopic (exact) mass is 717 g/mol. The number of halogens is 1. The van der Waals surface area contributed by atoms with E-state index in [9.17, 15) is 0 Å². The van der Waals surface area contributed by atoms with Crippen LogP contribution in [0.3, 0.4) is 0 Å². The number of rotatable bonds is 7. The predicted molar refractivity (Wildman–Crippen MR) is 235 cm³/mol. The zero-order valence-corrected chi connectivity index (χ0v) is 30.6. The molecule has 0 aliphatic carbocycles. The molecule has 0 saturated carbocycles. The second-order valence-corrected chi connectivity index (χ2v) is 14.3. The van der Waals surface area contributed by atoms with Gasteiger partial charge >= 0.3 is 0 Å². The first-order valence-corrected chi connectivity index (χ1v) is 19.0. The molecule has 0 fully saturated rings. The lowest BCUT2D eigenvalue weighted by atomic mass is 9.91. The van der Waals surface area contributed by atoms with Gasteiger partial charge in [0.05, 0.1) is 0 Å². The van der Waals surface area contributed by atoms with Crippen LogP contribution in [0.4, 0.5) is 21.5 Å². The molecular formula is C54H36FN. The Morgan fingerprint density at radius 2 is 0.821 bits per heavy atom. The zero-order chi connectivity index (χ0) is 37.4. The number of nitrogens with zero attached hydrogens (tertiary/aromatic N) is 1. The second-order valence-electron chi connectivity index (χ2n) is 14.3. The Kier molecular flexibility index (Phi) is 8.42. The summed E-state index contributed by atoms with van der Waals surface area (Å²) in [6.45, 7) is 0. The molecule has 10 rings (SSSR count). The van der Waals surface area contributed by atoms with Crippen molar-refractivity contribution in [2.75, 3.05) is 4.90 Å². The molecule has 0 aliphatic rings. The quantitative estimate of drug-likeness (QED) is 0.148. The summed E-state index contributed by atoms with van der Waals surface area (Å²) in [6.07, 6.45) is 0. The van der Waals surface area contributed by atoms with E-state index in [-0.39, 0.29) is 5.82 Å². The molecular weight excluding hydrogens is 682 g/mol. The highest BCUT2D eigenvalue weighted by atomic mass is 19.1. The third-order valence-corrected chi connectivity index (χ3v) is 10.9. The minimum atomic E-state index is -0.224. The fraction of sp³-hybridized carbons (Fsp3) is 0. The van der Waals surface area contributed by atoms with Crippen LogP contribution in [-0.2, 0) is 0 Å². The summed E-state index contributed by atoms with van der Waals surface area (Å²) >= 11 is 0. The highest BCUT2D eigenvalue weighted by Crippen LogP contribution is 2.42. The molecule has 0 bridgehead atoms. The van der Waals surface area contributed by atoms with E-state index in [1.165, 1.54) is 38.7 Å². The van der Waals surface area contributed by atoms with Crippen LogP contribution >= 0.6 is 0 Å². The van der Waals surface area contributed by atoms with Gasteiger partial charge in [-0.1, -0.05) is 170 Å². The summed E-state index contributed by atoms with van der Waals surface area (Å²) in [5, 5.41) is 7.11. The van der Waals surface area contributed by atoms with Crippen molar-refractivity contribution in [3.63, 3.8) is 0 Å². The van der Waals surface area contributed by atoms with Crippen molar-refractivity contribution in [1.29, 1.82) is 0 Å². The molecule has 10 aromatic rings. The molecule has 2 heteroatoms. The lowest BCUT2D eigenvalue weighted by molar-refractivity contribution is 0.631. The van der Waals surface area contributed by atoms with Gasteiger partial charge in [0.15, 0.2) is 0 Å². The first-order chi connectivity index (χ1) is 27.7. The molecule has 10 aromatic carbocycles. The van der Waals surface area contributed by atoms with Crippen molar-refractivity contribution in [3.05, 3.63) is 224 Å². The van der Waals surface area contributed by atoms with Gasteiger partial charge in [-0.05, 0) is 120 Å². The van der Waals surface area contributed by atoms with E-state index >= 15 is 4.39 Å². The molecule has 0 amide bonds. The Balaban J connectivity index is 1.09. The van der Waals surface area contributed by atoms with Crippen molar-refractivity contribution in [1.82, 2.24) is 0 Å². The Morgan fingerprint density at radius 3 is 1.59 bits per heavy atom. The van der Waals surface area contributed by atoms with Crippen molar-refractivity contribution in [2.24, 2.45) is 0 Å². The van der Waals surface area contributed by atoms with Gasteiger partial charge in [-0.2, -0.15) is 0 Å². The van der Waals surface area contributed by atoms with E-state index in [4.69, 9.17) is 0 Å². The molecule has 0 spiro atoms. The highest BCUT2D eigenvalue weighted by Gasteiger charge is 2.17. The standard InChI is InChI=1S/C54H36FN/c55-53-25-7-6-22-51(53)52-24-11-16-40-15-10-23-50(54(40)52)39-28-31-45(32-29-39)56(46-19-8-17-41(35-46)37-12-2-1-3-13-37)47-20-9-18-42(36-47)43-30-33-49-44(34-43)27-26-38-14-4-5-21-48(38)49/h1-36H. The second kappa shape index (κ2) is 14.2. The fourth-order valence-corrected chi connectivity index (χ4v) is 8.20. The van der Waals surface area contributed by atoms with Crippen LogP contribution in [0, 0.1) is 5.82 Å². The van der Waals surface area contributed by atoms with Gasteiger partial charge < -0.3 is 4.90 Å². The van der Waals surface area contributed by atoms with Crippen molar-refractivity contribution >= 4 is 49.4 Å².